The fraction of sp³-hybridized carbons (Fsp3) is 0.364. The minimum atomic E-state index is -3.46. The van der Waals surface area contributed by atoms with Gasteiger partial charge in [0.15, 0.2) is 9.84 Å². The third kappa shape index (κ3) is 4.10. The standard InChI is InChI=1S/C11H14ClNO4S2/c1-18-11-7(12)3-6(8(13)5-10(14)15)4-9(11)19(2,16)17/h3-4,8H,5,13H2,1-2H3,(H,14,15). The van der Waals surface area contributed by atoms with Crippen molar-refractivity contribution in [2.75, 3.05) is 12.5 Å². The first-order valence-corrected chi connectivity index (χ1v) is 8.71. The summed E-state index contributed by atoms with van der Waals surface area (Å²) in [5.74, 6) is -1.06. The zero-order valence-electron chi connectivity index (χ0n) is 10.4. The number of halogens is 1. The Morgan fingerprint density at radius 1 is 1.53 bits per heavy atom. The van der Waals surface area contributed by atoms with Crippen molar-refractivity contribution >= 4 is 39.2 Å². The Morgan fingerprint density at radius 2 is 2.11 bits per heavy atom. The van der Waals surface area contributed by atoms with Crippen LogP contribution in [0.4, 0.5) is 0 Å². The van der Waals surface area contributed by atoms with Crippen LogP contribution in [0.3, 0.4) is 0 Å². The fourth-order valence-electron chi connectivity index (χ4n) is 1.58. The van der Waals surface area contributed by atoms with Crippen LogP contribution in [0.5, 0.6) is 0 Å². The van der Waals surface area contributed by atoms with Crippen molar-refractivity contribution in [2.24, 2.45) is 5.73 Å². The van der Waals surface area contributed by atoms with Crippen LogP contribution in [0.2, 0.25) is 5.02 Å². The monoisotopic (exact) mass is 323 g/mol. The first-order valence-electron chi connectivity index (χ1n) is 5.21. The molecule has 0 aliphatic rings. The lowest BCUT2D eigenvalue weighted by molar-refractivity contribution is -0.137. The molecule has 3 N–H and O–H groups in total. The molecule has 1 rings (SSSR count). The van der Waals surface area contributed by atoms with Gasteiger partial charge >= 0.3 is 5.97 Å². The van der Waals surface area contributed by atoms with Gasteiger partial charge in [0, 0.05) is 17.2 Å². The Labute approximate surface area is 121 Å². The summed E-state index contributed by atoms with van der Waals surface area (Å²) in [6.07, 6.45) is 2.50. The number of carbonyl (C=O) groups is 1. The lowest BCUT2D eigenvalue weighted by atomic mass is 10.1. The summed E-state index contributed by atoms with van der Waals surface area (Å²) >= 11 is 7.25. The summed E-state index contributed by atoms with van der Waals surface area (Å²) in [6, 6.07) is 2.10. The molecule has 106 valence electrons. The summed E-state index contributed by atoms with van der Waals surface area (Å²) in [7, 11) is -3.46. The van der Waals surface area contributed by atoms with E-state index in [1.807, 2.05) is 0 Å². The second kappa shape index (κ2) is 6.13. The van der Waals surface area contributed by atoms with E-state index in [1.165, 1.54) is 23.9 Å². The number of benzene rings is 1. The average molecular weight is 324 g/mol. The summed E-state index contributed by atoms with van der Waals surface area (Å²) < 4.78 is 23.5. The summed E-state index contributed by atoms with van der Waals surface area (Å²) in [4.78, 5) is 11.2. The van der Waals surface area contributed by atoms with Crippen molar-refractivity contribution in [2.45, 2.75) is 22.3 Å². The number of aliphatic carboxylic acids is 1. The van der Waals surface area contributed by atoms with Crippen LogP contribution < -0.4 is 5.73 Å². The van der Waals surface area contributed by atoms with Crippen LogP contribution in [0.25, 0.3) is 0 Å². The normalized spacial score (nSPS) is 13.3. The van der Waals surface area contributed by atoms with Crippen molar-refractivity contribution in [1.29, 1.82) is 0 Å². The quantitative estimate of drug-likeness (QED) is 0.804. The Bertz CT molecular complexity index is 601. The third-order valence-electron chi connectivity index (χ3n) is 2.46. The number of hydrogen-bond donors (Lipinski definition) is 2. The molecule has 8 heteroatoms. The van der Waals surface area contributed by atoms with Crippen LogP contribution >= 0.6 is 23.4 Å². The van der Waals surface area contributed by atoms with Crippen molar-refractivity contribution < 1.29 is 18.3 Å². The molecule has 1 unspecified atom stereocenters. The van der Waals surface area contributed by atoms with Crippen LogP contribution in [-0.4, -0.2) is 32.0 Å². The highest BCUT2D eigenvalue weighted by atomic mass is 35.5. The molecule has 0 bridgehead atoms. The van der Waals surface area contributed by atoms with Crippen molar-refractivity contribution in [3.63, 3.8) is 0 Å². The molecule has 1 aromatic rings. The third-order valence-corrected chi connectivity index (χ3v) is 4.97. The predicted molar refractivity (Wildman–Crippen MR) is 75.5 cm³/mol. The lowest BCUT2D eigenvalue weighted by Gasteiger charge is -2.14. The Hall–Kier alpha value is -0.760. The molecule has 1 aromatic carbocycles. The average Bonchev–Trinajstić information content (AvgIpc) is 2.25. The maximum absolute atomic E-state index is 11.7. The molecule has 0 saturated carbocycles. The predicted octanol–water partition coefficient (Wildman–Crippen LogP) is 1.94. The van der Waals surface area contributed by atoms with Crippen molar-refractivity contribution in [3.8, 4) is 0 Å². The number of rotatable bonds is 5. The van der Waals surface area contributed by atoms with Crippen LogP contribution in [0.15, 0.2) is 21.9 Å². The zero-order valence-corrected chi connectivity index (χ0v) is 12.8. The first-order chi connectivity index (χ1) is 8.66. The van der Waals surface area contributed by atoms with E-state index in [0.717, 1.165) is 6.26 Å². The van der Waals surface area contributed by atoms with Gasteiger partial charge in [0.25, 0.3) is 0 Å². The zero-order chi connectivity index (χ0) is 14.8. The topological polar surface area (TPSA) is 97.5 Å². The maximum Gasteiger partial charge on any atom is 0.305 e. The molecule has 19 heavy (non-hydrogen) atoms. The number of sulfone groups is 1. The van der Waals surface area contributed by atoms with E-state index in [9.17, 15) is 13.2 Å². The first kappa shape index (κ1) is 16.3. The van der Waals surface area contributed by atoms with Gasteiger partial charge in [-0.1, -0.05) is 11.6 Å². The highest BCUT2D eigenvalue weighted by Gasteiger charge is 2.20. The van der Waals surface area contributed by atoms with E-state index in [4.69, 9.17) is 22.4 Å². The van der Waals surface area contributed by atoms with Crippen LogP contribution in [0.1, 0.15) is 18.0 Å². The molecule has 1 atom stereocenters. The second-order valence-corrected chi connectivity index (χ2v) is 7.22. The smallest absolute Gasteiger partial charge is 0.305 e. The minimum absolute atomic E-state index is 0.0725. The van der Waals surface area contributed by atoms with Gasteiger partial charge in [-0.05, 0) is 24.0 Å². The van der Waals surface area contributed by atoms with Gasteiger partial charge in [0.2, 0.25) is 0 Å². The van der Waals surface area contributed by atoms with Crippen LogP contribution in [-0.2, 0) is 14.6 Å². The van der Waals surface area contributed by atoms with Gasteiger partial charge in [0.1, 0.15) is 0 Å². The summed E-state index contributed by atoms with van der Waals surface area (Å²) in [5, 5.41) is 8.96. The number of thioether (sulfide) groups is 1. The number of carboxylic acid groups (broad SMARTS) is 1. The number of nitrogens with two attached hydrogens (primary N) is 1. The largest absolute Gasteiger partial charge is 0.481 e. The Kier molecular flexibility index (Phi) is 5.26. The van der Waals surface area contributed by atoms with Crippen molar-refractivity contribution in [1.82, 2.24) is 0 Å². The van der Waals surface area contributed by atoms with Gasteiger partial charge < -0.3 is 10.8 Å². The van der Waals surface area contributed by atoms with E-state index < -0.39 is 21.8 Å². The molecule has 0 aliphatic carbocycles. The number of carboxylic acids is 1. The summed E-state index contributed by atoms with van der Waals surface area (Å²) in [5.41, 5.74) is 6.12. The van der Waals surface area contributed by atoms with Crippen LogP contribution in [0, 0.1) is 0 Å². The molecule has 0 amide bonds. The Balaban J connectivity index is 3.39. The van der Waals surface area contributed by atoms with Gasteiger partial charge in [-0.15, -0.1) is 11.8 Å². The molecular formula is C11H14ClNO4S2. The molecule has 0 radical (unpaired) electrons. The van der Waals surface area contributed by atoms with Crippen molar-refractivity contribution in [3.05, 3.63) is 22.7 Å². The lowest BCUT2D eigenvalue weighted by Crippen LogP contribution is -2.16. The minimum Gasteiger partial charge on any atom is -0.481 e. The summed E-state index contributed by atoms with van der Waals surface area (Å²) in [6.45, 7) is 0. The van der Waals surface area contributed by atoms with Gasteiger partial charge in [0.05, 0.1) is 16.3 Å². The second-order valence-electron chi connectivity index (χ2n) is 4.01. The van der Waals surface area contributed by atoms with Gasteiger partial charge in [-0.2, -0.15) is 0 Å². The molecular weight excluding hydrogens is 310 g/mol. The molecule has 0 aromatic heterocycles. The van der Waals surface area contributed by atoms with E-state index in [-0.39, 0.29) is 16.3 Å². The fourth-order valence-corrected chi connectivity index (χ4v) is 4.11. The molecule has 0 heterocycles. The van der Waals surface area contributed by atoms with E-state index in [2.05, 4.69) is 0 Å². The molecule has 0 aliphatic heterocycles. The van der Waals surface area contributed by atoms with Gasteiger partial charge in [-0.3, -0.25) is 4.79 Å². The molecule has 5 nitrogen and oxygen atoms in total. The molecule has 0 saturated heterocycles. The highest BCUT2D eigenvalue weighted by molar-refractivity contribution is 7.99. The van der Waals surface area contributed by atoms with Gasteiger partial charge in [-0.25, -0.2) is 8.42 Å². The maximum atomic E-state index is 11.7. The molecule has 0 spiro atoms. The Morgan fingerprint density at radius 3 is 2.53 bits per heavy atom. The SMILES string of the molecule is CSc1c(Cl)cc(C(N)CC(=O)O)cc1S(C)(=O)=O. The van der Waals surface area contributed by atoms with E-state index in [0.29, 0.717) is 10.5 Å². The highest BCUT2D eigenvalue weighted by Crippen LogP contribution is 2.35. The molecule has 0 fully saturated rings. The number of hydrogen-bond acceptors (Lipinski definition) is 5. The van der Waals surface area contributed by atoms with E-state index >= 15 is 0 Å². The van der Waals surface area contributed by atoms with E-state index in [1.54, 1.807) is 6.26 Å².